The van der Waals surface area contributed by atoms with E-state index in [1.807, 2.05) is 20.2 Å². The van der Waals surface area contributed by atoms with Crippen molar-refractivity contribution in [3.05, 3.63) is 11.9 Å². The Balaban J connectivity index is 2.93. The fourth-order valence-corrected chi connectivity index (χ4v) is 1.38. The largest absolute Gasteiger partial charge is 0.383 e. The summed E-state index contributed by atoms with van der Waals surface area (Å²) in [6.07, 6.45) is 0. The van der Waals surface area contributed by atoms with Crippen LogP contribution < -0.4 is 10.2 Å². The number of methoxy groups -OCH3 is 1. The minimum absolute atomic E-state index is 0.317. The summed E-state index contributed by atoms with van der Waals surface area (Å²) in [4.78, 5) is 11.1. The molecule has 0 amide bonds. The van der Waals surface area contributed by atoms with E-state index in [2.05, 4.69) is 34.0 Å². The third-order valence-corrected chi connectivity index (χ3v) is 2.52. The minimum Gasteiger partial charge on any atom is -0.383 e. The Morgan fingerprint density at radius 2 is 2.12 bits per heavy atom. The number of ether oxygens (including phenoxy) is 1. The molecular weight excluding hydrogens is 216 g/mol. The van der Waals surface area contributed by atoms with Gasteiger partial charge in [0.15, 0.2) is 0 Å². The molecule has 17 heavy (non-hydrogen) atoms. The number of likely N-dealkylation sites (N-methyl/N-ethyl adjacent to an activating group) is 1. The summed E-state index contributed by atoms with van der Waals surface area (Å²) < 4.78 is 5.07. The standard InChI is InChI=1S/C12H22N4O/c1-9(2)12-14-10(13-3)8-11(15-12)16(4)6-7-17-5/h8-9H,6-7H2,1-5H3,(H,13,14,15). The van der Waals surface area contributed by atoms with Crippen molar-refractivity contribution >= 4 is 11.6 Å². The summed E-state index contributed by atoms with van der Waals surface area (Å²) in [5.41, 5.74) is 0. The Morgan fingerprint density at radius 3 is 2.65 bits per heavy atom. The normalized spacial score (nSPS) is 10.7. The topological polar surface area (TPSA) is 50.3 Å². The first kappa shape index (κ1) is 13.7. The number of hydrogen-bond acceptors (Lipinski definition) is 5. The molecule has 0 aromatic carbocycles. The van der Waals surface area contributed by atoms with Gasteiger partial charge in [0.05, 0.1) is 6.61 Å². The second kappa shape index (κ2) is 6.39. The van der Waals surface area contributed by atoms with Crippen LogP contribution in [0, 0.1) is 0 Å². The molecule has 0 saturated heterocycles. The molecule has 1 heterocycles. The number of hydrogen-bond donors (Lipinski definition) is 1. The zero-order chi connectivity index (χ0) is 12.8. The summed E-state index contributed by atoms with van der Waals surface area (Å²) in [6.45, 7) is 5.68. The van der Waals surface area contributed by atoms with Gasteiger partial charge in [-0.15, -0.1) is 0 Å². The van der Waals surface area contributed by atoms with Crippen LogP contribution in [0.5, 0.6) is 0 Å². The van der Waals surface area contributed by atoms with Crippen LogP contribution in [-0.2, 0) is 4.74 Å². The van der Waals surface area contributed by atoms with Crippen molar-refractivity contribution in [2.45, 2.75) is 19.8 Å². The molecule has 0 fully saturated rings. The van der Waals surface area contributed by atoms with Gasteiger partial charge in [-0.05, 0) is 0 Å². The van der Waals surface area contributed by atoms with Crippen molar-refractivity contribution in [2.24, 2.45) is 0 Å². The molecule has 1 rings (SSSR count). The monoisotopic (exact) mass is 238 g/mol. The minimum atomic E-state index is 0.317. The number of nitrogens with one attached hydrogen (secondary N) is 1. The van der Waals surface area contributed by atoms with E-state index in [4.69, 9.17) is 4.74 Å². The van der Waals surface area contributed by atoms with E-state index < -0.39 is 0 Å². The Hall–Kier alpha value is -1.36. The molecule has 0 aliphatic carbocycles. The average molecular weight is 238 g/mol. The lowest BCUT2D eigenvalue weighted by atomic mass is 10.2. The third kappa shape index (κ3) is 3.85. The Morgan fingerprint density at radius 1 is 1.41 bits per heavy atom. The summed E-state index contributed by atoms with van der Waals surface area (Å²) in [6, 6.07) is 1.95. The predicted molar refractivity (Wildman–Crippen MR) is 70.8 cm³/mol. The zero-order valence-electron chi connectivity index (χ0n) is 11.3. The van der Waals surface area contributed by atoms with Crippen LogP contribution >= 0.6 is 0 Å². The van der Waals surface area contributed by atoms with Crippen LogP contribution in [0.4, 0.5) is 11.6 Å². The van der Waals surface area contributed by atoms with Crippen LogP contribution in [0.3, 0.4) is 0 Å². The van der Waals surface area contributed by atoms with Crippen molar-refractivity contribution < 1.29 is 4.74 Å². The summed E-state index contributed by atoms with van der Waals surface area (Å²) in [7, 11) is 5.57. The summed E-state index contributed by atoms with van der Waals surface area (Å²) in [5, 5.41) is 3.06. The SMILES string of the molecule is CNc1cc(N(C)CCOC)nc(C(C)C)n1. The molecule has 0 aliphatic rings. The van der Waals surface area contributed by atoms with Gasteiger partial charge in [-0.25, -0.2) is 9.97 Å². The molecule has 96 valence electrons. The summed E-state index contributed by atoms with van der Waals surface area (Å²) >= 11 is 0. The number of aromatic nitrogens is 2. The first-order chi connectivity index (χ1) is 8.08. The van der Waals surface area contributed by atoms with Gasteiger partial charge in [0.2, 0.25) is 0 Å². The molecule has 0 atom stereocenters. The maximum Gasteiger partial charge on any atom is 0.135 e. The molecular formula is C12H22N4O. The third-order valence-electron chi connectivity index (χ3n) is 2.52. The molecule has 0 saturated carbocycles. The fourth-order valence-electron chi connectivity index (χ4n) is 1.38. The highest BCUT2D eigenvalue weighted by atomic mass is 16.5. The van der Waals surface area contributed by atoms with Crippen molar-refractivity contribution in [1.82, 2.24) is 9.97 Å². The quantitative estimate of drug-likeness (QED) is 0.818. The van der Waals surface area contributed by atoms with E-state index >= 15 is 0 Å². The molecule has 0 aliphatic heterocycles. The van der Waals surface area contributed by atoms with Crippen molar-refractivity contribution in [3.8, 4) is 0 Å². The van der Waals surface area contributed by atoms with Crippen LogP contribution in [0.25, 0.3) is 0 Å². The van der Waals surface area contributed by atoms with Gasteiger partial charge in [-0.2, -0.15) is 0 Å². The number of nitrogens with zero attached hydrogens (tertiary/aromatic N) is 3. The Kier molecular flexibility index (Phi) is 5.15. The predicted octanol–water partition coefficient (Wildman–Crippen LogP) is 1.72. The fraction of sp³-hybridized carbons (Fsp3) is 0.667. The number of rotatable bonds is 6. The van der Waals surface area contributed by atoms with Gasteiger partial charge in [0, 0.05) is 39.7 Å². The molecule has 1 N–H and O–H groups in total. The van der Waals surface area contributed by atoms with E-state index in [9.17, 15) is 0 Å². The van der Waals surface area contributed by atoms with Crippen LogP contribution in [-0.4, -0.2) is 44.3 Å². The van der Waals surface area contributed by atoms with Gasteiger partial charge >= 0.3 is 0 Å². The molecule has 0 spiro atoms. The van der Waals surface area contributed by atoms with E-state index in [1.165, 1.54) is 0 Å². The zero-order valence-corrected chi connectivity index (χ0v) is 11.3. The lowest BCUT2D eigenvalue weighted by Crippen LogP contribution is -2.24. The first-order valence-electron chi connectivity index (χ1n) is 5.85. The smallest absolute Gasteiger partial charge is 0.135 e. The van der Waals surface area contributed by atoms with E-state index in [1.54, 1.807) is 7.11 Å². The average Bonchev–Trinajstić information content (AvgIpc) is 2.35. The molecule has 1 aromatic heterocycles. The van der Waals surface area contributed by atoms with Gasteiger partial charge in [-0.3, -0.25) is 0 Å². The lowest BCUT2D eigenvalue weighted by Gasteiger charge is -2.19. The van der Waals surface area contributed by atoms with Gasteiger partial charge in [-0.1, -0.05) is 13.8 Å². The molecule has 0 unspecified atom stereocenters. The Labute approximate surface area is 103 Å². The highest BCUT2D eigenvalue weighted by molar-refractivity contribution is 5.48. The molecule has 0 radical (unpaired) electrons. The van der Waals surface area contributed by atoms with Crippen molar-refractivity contribution in [2.75, 3.05) is 44.6 Å². The number of anilines is 2. The second-order valence-electron chi connectivity index (χ2n) is 4.29. The molecule has 5 nitrogen and oxygen atoms in total. The van der Waals surface area contributed by atoms with Crippen LogP contribution in [0.2, 0.25) is 0 Å². The van der Waals surface area contributed by atoms with E-state index in [0.717, 1.165) is 24.0 Å². The summed E-state index contributed by atoms with van der Waals surface area (Å²) in [5.74, 6) is 2.95. The van der Waals surface area contributed by atoms with Crippen molar-refractivity contribution in [3.63, 3.8) is 0 Å². The highest BCUT2D eigenvalue weighted by Gasteiger charge is 2.10. The van der Waals surface area contributed by atoms with Crippen LogP contribution in [0.1, 0.15) is 25.6 Å². The Bertz CT molecular complexity index is 354. The van der Waals surface area contributed by atoms with Crippen LogP contribution in [0.15, 0.2) is 6.07 Å². The van der Waals surface area contributed by atoms with E-state index in [0.29, 0.717) is 12.5 Å². The van der Waals surface area contributed by atoms with E-state index in [-0.39, 0.29) is 0 Å². The maximum atomic E-state index is 5.07. The van der Waals surface area contributed by atoms with Gasteiger partial charge in [0.25, 0.3) is 0 Å². The maximum absolute atomic E-state index is 5.07. The molecule has 0 bridgehead atoms. The molecule has 5 heteroatoms. The highest BCUT2D eigenvalue weighted by Crippen LogP contribution is 2.18. The van der Waals surface area contributed by atoms with Gasteiger partial charge < -0.3 is 15.0 Å². The molecule has 1 aromatic rings. The first-order valence-corrected chi connectivity index (χ1v) is 5.85. The lowest BCUT2D eigenvalue weighted by molar-refractivity contribution is 0.206. The van der Waals surface area contributed by atoms with Gasteiger partial charge in [0.1, 0.15) is 17.5 Å². The van der Waals surface area contributed by atoms with Crippen molar-refractivity contribution in [1.29, 1.82) is 0 Å². The second-order valence-corrected chi connectivity index (χ2v) is 4.29.